The lowest BCUT2D eigenvalue weighted by atomic mass is 10.0. The molecule has 1 rings (SSSR count). The van der Waals surface area contributed by atoms with Crippen LogP contribution in [0.1, 0.15) is 25.0 Å². The Balaban J connectivity index is 2.68. The minimum atomic E-state index is -4.66. The molecule has 0 fully saturated rings. The second-order valence-electron chi connectivity index (χ2n) is 5.72. The predicted octanol–water partition coefficient (Wildman–Crippen LogP) is 3.52. The summed E-state index contributed by atoms with van der Waals surface area (Å²) >= 11 is 0. The summed E-state index contributed by atoms with van der Waals surface area (Å²) in [7, 11) is 3.93. The van der Waals surface area contributed by atoms with Gasteiger partial charge in [-0.05, 0) is 37.7 Å². The highest BCUT2D eigenvalue weighted by Gasteiger charge is 2.34. The van der Waals surface area contributed by atoms with Crippen molar-refractivity contribution in [2.24, 2.45) is 5.92 Å². The van der Waals surface area contributed by atoms with Crippen molar-refractivity contribution in [1.82, 2.24) is 10.2 Å². The molecule has 0 aromatic heterocycles. The van der Waals surface area contributed by atoms with E-state index in [0.717, 1.165) is 12.1 Å². The van der Waals surface area contributed by atoms with Gasteiger partial charge in [-0.25, -0.2) is 4.39 Å². The number of nitrogens with zero attached hydrogens (tertiary/aromatic N) is 1. The zero-order valence-electron chi connectivity index (χ0n) is 12.8. The third-order valence-electron chi connectivity index (χ3n) is 3.45. The van der Waals surface area contributed by atoms with Crippen LogP contribution in [-0.4, -0.2) is 31.6 Å². The molecule has 120 valence electrons. The van der Waals surface area contributed by atoms with Gasteiger partial charge in [0.15, 0.2) is 0 Å². The van der Waals surface area contributed by atoms with Crippen LogP contribution in [0, 0.1) is 11.7 Å². The molecule has 0 saturated carbocycles. The van der Waals surface area contributed by atoms with Gasteiger partial charge in [-0.15, -0.1) is 0 Å². The highest BCUT2D eigenvalue weighted by atomic mass is 19.4. The Morgan fingerprint density at radius 2 is 1.81 bits per heavy atom. The van der Waals surface area contributed by atoms with Crippen molar-refractivity contribution in [1.29, 1.82) is 0 Å². The SMILES string of the molecule is CC(C)C(CNCc1ccc(F)c(C(F)(F)F)c1)N(C)C. The standard InChI is InChI=1S/C15H22F4N2/c1-10(2)14(21(3)4)9-20-8-11-5-6-13(16)12(7-11)15(17,18)19/h5-7,10,14,20H,8-9H2,1-4H3. The molecule has 0 aliphatic carbocycles. The molecule has 0 aliphatic rings. The zero-order valence-corrected chi connectivity index (χ0v) is 12.8. The van der Waals surface area contributed by atoms with Gasteiger partial charge in [0.2, 0.25) is 0 Å². The molecular weight excluding hydrogens is 284 g/mol. The smallest absolute Gasteiger partial charge is 0.311 e. The fourth-order valence-corrected chi connectivity index (χ4v) is 2.28. The number of benzene rings is 1. The molecule has 1 unspecified atom stereocenters. The number of nitrogens with one attached hydrogen (secondary N) is 1. The summed E-state index contributed by atoms with van der Waals surface area (Å²) in [6.45, 7) is 5.11. The van der Waals surface area contributed by atoms with Crippen molar-refractivity contribution in [3.8, 4) is 0 Å². The van der Waals surface area contributed by atoms with Crippen LogP contribution in [-0.2, 0) is 12.7 Å². The van der Waals surface area contributed by atoms with E-state index in [1.54, 1.807) is 0 Å². The normalized spacial score (nSPS) is 14.0. The second-order valence-corrected chi connectivity index (χ2v) is 5.72. The number of likely N-dealkylation sites (N-methyl/N-ethyl adjacent to an activating group) is 1. The number of hydrogen-bond donors (Lipinski definition) is 1. The lowest BCUT2D eigenvalue weighted by Gasteiger charge is -2.28. The molecule has 0 spiro atoms. The summed E-state index contributed by atoms with van der Waals surface area (Å²) in [6.07, 6.45) is -4.66. The van der Waals surface area contributed by atoms with E-state index >= 15 is 0 Å². The van der Waals surface area contributed by atoms with Gasteiger partial charge in [-0.1, -0.05) is 19.9 Å². The summed E-state index contributed by atoms with van der Waals surface area (Å²) in [6, 6.07) is 3.39. The molecular formula is C15H22F4N2. The second kappa shape index (κ2) is 7.22. The first-order valence-electron chi connectivity index (χ1n) is 6.85. The lowest BCUT2D eigenvalue weighted by Crippen LogP contribution is -2.41. The summed E-state index contributed by atoms with van der Waals surface area (Å²) in [5, 5.41) is 3.13. The molecule has 0 aliphatic heterocycles. The van der Waals surface area contributed by atoms with Crippen LogP contribution in [0.15, 0.2) is 18.2 Å². The lowest BCUT2D eigenvalue weighted by molar-refractivity contribution is -0.140. The van der Waals surface area contributed by atoms with Gasteiger partial charge in [-0.2, -0.15) is 13.2 Å². The first kappa shape index (κ1) is 17.9. The van der Waals surface area contributed by atoms with Crippen LogP contribution in [0.5, 0.6) is 0 Å². The molecule has 1 atom stereocenters. The van der Waals surface area contributed by atoms with E-state index in [1.165, 1.54) is 6.07 Å². The van der Waals surface area contributed by atoms with E-state index < -0.39 is 17.6 Å². The van der Waals surface area contributed by atoms with Crippen molar-refractivity contribution in [3.05, 3.63) is 35.1 Å². The Morgan fingerprint density at radius 1 is 1.19 bits per heavy atom. The van der Waals surface area contributed by atoms with Crippen LogP contribution < -0.4 is 5.32 Å². The van der Waals surface area contributed by atoms with E-state index in [1.807, 2.05) is 14.1 Å². The Morgan fingerprint density at radius 3 is 2.29 bits per heavy atom. The molecule has 0 bridgehead atoms. The summed E-state index contributed by atoms with van der Waals surface area (Å²) in [5.74, 6) is -0.814. The fourth-order valence-electron chi connectivity index (χ4n) is 2.28. The molecule has 0 heterocycles. The molecule has 0 amide bonds. The molecule has 2 nitrogen and oxygen atoms in total. The highest BCUT2D eigenvalue weighted by molar-refractivity contribution is 5.27. The third-order valence-corrected chi connectivity index (χ3v) is 3.45. The highest BCUT2D eigenvalue weighted by Crippen LogP contribution is 2.31. The van der Waals surface area contributed by atoms with Crippen molar-refractivity contribution >= 4 is 0 Å². The Hall–Kier alpha value is -1.14. The summed E-state index contributed by atoms with van der Waals surface area (Å²) < 4.78 is 51.1. The minimum Gasteiger partial charge on any atom is -0.311 e. The molecule has 6 heteroatoms. The maximum absolute atomic E-state index is 13.2. The van der Waals surface area contributed by atoms with E-state index in [-0.39, 0.29) is 12.6 Å². The number of rotatable bonds is 6. The minimum absolute atomic E-state index is 0.278. The fraction of sp³-hybridized carbons (Fsp3) is 0.600. The van der Waals surface area contributed by atoms with Crippen LogP contribution in [0.25, 0.3) is 0 Å². The van der Waals surface area contributed by atoms with Gasteiger partial charge in [0, 0.05) is 19.1 Å². The number of hydrogen-bond acceptors (Lipinski definition) is 2. The van der Waals surface area contributed by atoms with Gasteiger partial charge in [0.05, 0.1) is 5.56 Å². The van der Waals surface area contributed by atoms with Crippen LogP contribution in [0.4, 0.5) is 17.6 Å². The van der Waals surface area contributed by atoms with Crippen molar-refractivity contribution < 1.29 is 17.6 Å². The first-order chi connectivity index (χ1) is 9.62. The topological polar surface area (TPSA) is 15.3 Å². The largest absolute Gasteiger partial charge is 0.419 e. The predicted molar refractivity (Wildman–Crippen MR) is 75.4 cm³/mol. The van der Waals surface area contributed by atoms with Crippen molar-refractivity contribution in [3.63, 3.8) is 0 Å². The van der Waals surface area contributed by atoms with Gasteiger partial charge in [-0.3, -0.25) is 0 Å². The van der Waals surface area contributed by atoms with Gasteiger partial charge < -0.3 is 10.2 Å². The van der Waals surface area contributed by atoms with E-state index in [9.17, 15) is 17.6 Å². The molecule has 0 radical (unpaired) electrons. The quantitative estimate of drug-likeness (QED) is 0.809. The summed E-state index contributed by atoms with van der Waals surface area (Å²) in [5.41, 5.74) is -0.792. The molecule has 1 aromatic carbocycles. The van der Waals surface area contributed by atoms with Gasteiger partial charge in [0.25, 0.3) is 0 Å². The Kier molecular flexibility index (Phi) is 6.16. The first-order valence-corrected chi connectivity index (χ1v) is 6.85. The average Bonchev–Trinajstić information content (AvgIpc) is 2.34. The van der Waals surface area contributed by atoms with Gasteiger partial charge in [0.1, 0.15) is 5.82 Å². The number of alkyl halides is 3. The maximum Gasteiger partial charge on any atom is 0.419 e. The molecule has 0 saturated heterocycles. The monoisotopic (exact) mass is 306 g/mol. The van der Waals surface area contributed by atoms with E-state index in [4.69, 9.17) is 0 Å². The molecule has 1 aromatic rings. The number of halogens is 4. The maximum atomic E-state index is 13.2. The molecule has 1 N–H and O–H groups in total. The van der Waals surface area contributed by atoms with E-state index in [2.05, 4.69) is 24.1 Å². The van der Waals surface area contributed by atoms with Gasteiger partial charge >= 0.3 is 6.18 Å². The van der Waals surface area contributed by atoms with E-state index in [0.29, 0.717) is 18.0 Å². The Labute approximate surface area is 123 Å². The van der Waals surface area contributed by atoms with Crippen molar-refractivity contribution in [2.75, 3.05) is 20.6 Å². The third kappa shape index (κ3) is 5.28. The molecule has 21 heavy (non-hydrogen) atoms. The van der Waals surface area contributed by atoms with Crippen LogP contribution in [0.3, 0.4) is 0 Å². The van der Waals surface area contributed by atoms with Crippen LogP contribution >= 0.6 is 0 Å². The Bertz CT molecular complexity index is 447. The zero-order chi connectivity index (χ0) is 16.2. The van der Waals surface area contributed by atoms with Crippen molar-refractivity contribution in [2.45, 2.75) is 32.6 Å². The summed E-state index contributed by atoms with van der Waals surface area (Å²) in [4.78, 5) is 2.07. The average molecular weight is 306 g/mol. The van der Waals surface area contributed by atoms with Crippen LogP contribution in [0.2, 0.25) is 0 Å².